The van der Waals surface area contributed by atoms with Crippen molar-refractivity contribution in [3.63, 3.8) is 0 Å². The molecule has 2 rings (SSSR count). The van der Waals surface area contributed by atoms with E-state index in [1.165, 1.54) is 12.1 Å². The topological polar surface area (TPSA) is 111 Å². The normalized spacial score (nSPS) is 16.9. The average molecular weight is 361 g/mol. The molecule has 0 spiro atoms. The van der Waals surface area contributed by atoms with Gasteiger partial charge < -0.3 is 15.4 Å². The van der Waals surface area contributed by atoms with Crippen molar-refractivity contribution in [1.29, 1.82) is 0 Å². The first kappa shape index (κ1) is 19.4. The molecule has 0 saturated carbocycles. The highest BCUT2D eigenvalue weighted by Gasteiger charge is 2.36. The van der Waals surface area contributed by atoms with Crippen LogP contribution in [-0.4, -0.2) is 23.0 Å². The van der Waals surface area contributed by atoms with Crippen LogP contribution in [0.3, 0.4) is 0 Å². The summed E-state index contributed by atoms with van der Waals surface area (Å²) in [7, 11) is 0. The summed E-state index contributed by atoms with van der Waals surface area (Å²) < 4.78 is 5.33. The van der Waals surface area contributed by atoms with Gasteiger partial charge in [-0.2, -0.15) is 0 Å². The molecule has 0 radical (unpaired) electrons. The number of allylic oxidation sites excluding steroid dienone is 1. The molecule has 0 fully saturated rings. The minimum absolute atomic E-state index is 0.163. The summed E-state index contributed by atoms with van der Waals surface area (Å²) >= 11 is 0. The molecule has 0 bridgehead atoms. The van der Waals surface area contributed by atoms with E-state index in [4.69, 9.17) is 4.74 Å². The van der Waals surface area contributed by atoms with Gasteiger partial charge in [0.25, 0.3) is 5.69 Å². The Balaban J connectivity index is 2.58. The maximum Gasteiger partial charge on any atom is 0.338 e. The number of rotatable bonds is 7. The molecule has 1 aliphatic rings. The van der Waals surface area contributed by atoms with E-state index < -0.39 is 23.0 Å². The van der Waals surface area contributed by atoms with Gasteiger partial charge >= 0.3 is 12.0 Å². The number of para-hydroxylation sites is 1. The fourth-order valence-corrected chi connectivity index (χ4v) is 2.82. The zero-order valence-corrected chi connectivity index (χ0v) is 15.1. The van der Waals surface area contributed by atoms with Crippen LogP contribution in [-0.2, 0) is 9.53 Å². The average Bonchev–Trinajstić information content (AvgIpc) is 2.58. The molecule has 1 aromatic rings. The number of hydrogen-bond donors (Lipinski definition) is 2. The first-order chi connectivity index (χ1) is 12.3. The predicted octanol–water partition coefficient (Wildman–Crippen LogP) is 3.34. The molecule has 0 aromatic heterocycles. The molecule has 8 nitrogen and oxygen atoms in total. The number of nitrogens with zero attached hydrogens (tertiary/aromatic N) is 1. The third-order valence-electron chi connectivity index (χ3n) is 3.94. The summed E-state index contributed by atoms with van der Waals surface area (Å²) in [5.74, 6) is -0.596. The maximum absolute atomic E-state index is 12.7. The van der Waals surface area contributed by atoms with Crippen LogP contribution in [0.5, 0.6) is 0 Å². The Labute approximate surface area is 151 Å². The number of nitro benzene ring substituents is 1. The van der Waals surface area contributed by atoms with Crippen molar-refractivity contribution in [2.24, 2.45) is 0 Å². The van der Waals surface area contributed by atoms with Crippen LogP contribution >= 0.6 is 0 Å². The maximum atomic E-state index is 12.7. The van der Waals surface area contributed by atoms with Crippen LogP contribution in [0.4, 0.5) is 10.5 Å². The Morgan fingerprint density at radius 3 is 2.65 bits per heavy atom. The molecule has 1 atom stereocenters. The lowest BCUT2D eigenvalue weighted by Gasteiger charge is -2.29. The number of nitrogens with one attached hydrogen (secondary N) is 2. The van der Waals surface area contributed by atoms with Gasteiger partial charge in [0.05, 0.1) is 28.2 Å². The molecule has 1 aromatic carbocycles. The standard InChI is InChI=1S/C18H23N3O5/c1-4-5-9-13-15(17(22)26-11(2)3)16(20-18(23)19-13)12-8-6-7-10-14(12)21(24)25/h6-8,10-11,16H,4-5,9H2,1-3H3,(H2,19,20,23). The molecule has 0 aliphatic carbocycles. The van der Waals surface area contributed by atoms with Crippen LogP contribution in [0.1, 0.15) is 51.6 Å². The number of nitro groups is 1. The van der Waals surface area contributed by atoms with Crippen LogP contribution in [0.25, 0.3) is 0 Å². The van der Waals surface area contributed by atoms with Gasteiger partial charge in [0.15, 0.2) is 0 Å². The highest BCUT2D eigenvalue weighted by molar-refractivity contribution is 5.95. The zero-order valence-electron chi connectivity index (χ0n) is 15.1. The third kappa shape index (κ3) is 4.38. The summed E-state index contributed by atoms with van der Waals surface area (Å²) in [4.78, 5) is 35.7. The molecule has 140 valence electrons. The van der Waals surface area contributed by atoms with E-state index in [0.717, 1.165) is 12.8 Å². The van der Waals surface area contributed by atoms with E-state index in [1.807, 2.05) is 6.92 Å². The van der Waals surface area contributed by atoms with Gasteiger partial charge in [0, 0.05) is 11.8 Å². The van der Waals surface area contributed by atoms with E-state index >= 15 is 0 Å². The SMILES string of the molecule is CCCCC1=C(C(=O)OC(C)C)C(c2ccccc2[N+](=O)[O-])NC(=O)N1. The van der Waals surface area contributed by atoms with Crippen molar-refractivity contribution in [1.82, 2.24) is 10.6 Å². The second kappa shape index (κ2) is 8.46. The number of unbranched alkanes of at least 4 members (excludes halogenated alkanes) is 1. The van der Waals surface area contributed by atoms with Crippen molar-refractivity contribution in [3.05, 3.63) is 51.2 Å². The van der Waals surface area contributed by atoms with Crippen LogP contribution in [0, 0.1) is 10.1 Å². The van der Waals surface area contributed by atoms with Gasteiger partial charge in [-0.3, -0.25) is 10.1 Å². The fraction of sp³-hybridized carbons (Fsp3) is 0.444. The number of ether oxygens (including phenoxy) is 1. The van der Waals surface area contributed by atoms with Crippen LogP contribution in [0.15, 0.2) is 35.5 Å². The lowest BCUT2D eigenvalue weighted by Crippen LogP contribution is -2.46. The molecular weight excluding hydrogens is 338 g/mol. The highest BCUT2D eigenvalue weighted by atomic mass is 16.6. The Bertz CT molecular complexity index is 742. The summed E-state index contributed by atoms with van der Waals surface area (Å²) in [5, 5.41) is 16.7. The van der Waals surface area contributed by atoms with Crippen molar-refractivity contribution in [2.45, 2.75) is 52.2 Å². The van der Waals surface area contributed by atoms with Gasteiger partial charge in [-0.05, 0) is 32.8 Å². The smallest absolute Gasteiger partial charge is 0.338 e. The molecule has 2 amide bonds. The number of hydrogen-bond acceptors (Lipinski definition) is 5. The lowest BCUT2D eigenvalue weighted by atomic mass is 9.92. The number of amides is 2. The van der Waals surface area contributed by atoms with Gasteiger partial charge in [-0.15, -0.1) is 0 Å². The van der Waals surface area contributed by atoms with Gasteiger partial charge in [-0.25, -0.2) is 9.59 Å². The lowest BCUT2D eigenvalue weighted by molar-refractivity contribution is -0.385. The Kier molecular flexibility index (Phi) is 6.32. The van der Waals surface area contributed by atoms with Gasteiger partial charge in [-0.1, -0.05) is 25.5 Å². The van der Waals surface area contributed by atoms with Crippen molar-refractivity contribution < 1.29 is 19.2 Å². The van der Waals surface area contributed by atoms with E-state index in [1.54, 1.807) is 26.0 Å². The first-order valence-electron chi connectivity index (χ1n) is 8.60. The quantitative estimate of drug-likeness (QED) is 0.439. The van der Waals surface area contributed by atoms with Gasteiger partial charge in [0.1, 0.15) is 0 Å². The Morgan fingerprint density at radius 2 is 2.04 bits per heavy atom. The fourth-order valence-electron chi connectivity index (χ4n) is 2.82. The second-order valence-electron chi connectivity index (χ2n) is 6.30. The summed E-state index contributed by atoms with van der Waals surface area (Å²) in [6.07, 6.45) is 1.75. The Morgan fingerprint density at radius 1 is 1.35 bits per heavy atom. The van der Waals surface area contributed by atoms with Crippen molar-refractivity contribution in [2.75, 3.05) is 0 Å². The molecule has 26 heavy (non-hydrogen) atoms. The number of carbonyl (C=O) groups excluding carboxylic acids is 2. The van der Waals surface area contributed by atoms with E-state index in [0.29, 0.717) is 12.1 Å². The number of urea groups is 1. The highest BCUT2D eigenvalue weighted by Crippen LogP contribution is 2.34. The molecule has 0 saturated heterocycles. The Hall–Kier alpha value is -2.90. The third-order valence-corrected chi connectivity index (χ3v) is 3.94. The van der Waals surface area contributed by atoms with Crippen molar-refractivity contribution in [3.8, 4) is 0 Å². The van der Waals surface area contributed by atoms with Crippen molar-refractivity contribution >= 4 is 17.7 Å². The molecular formula is C18H23N3O5. The minimum atomic E-state index is -0.941. The van der Waals surface area contributed by atoms with Crippen LogP contribution in [0.2, 0.25) is 0 Å². The monoisotopic (exact) mass is 361 g/mol. The number of benzene rings is 1. The summed E-state index contributed by atoms with van der Waals surface area (Å²) in [5.41, 5.74) is 0.742. The van der Waals surface area contributed by atoms with Gasteiger partial charge in [0.2, 0.25) is 0 Å². The molecule has 8 heteroatoms. The zero-order chi connectivity index (χ0) is 19.3. The van der Waals surface area contributed by atoms with E-state index in [9.17, 15) is 19.7 Å². The molecule has 1 aliphatic heterocycles. The van der Waals surface area contributed by atoms with E-state index in [-0.39, 0.29) is 22.9 Å². The van der Waals surface area contributed by atoms with E-state index in [2.05, 4.69) is 10.6 Å². The summed E-state index contributed by atoms with van der Waals surface area (Å²) in [6.45, 7) is 5.44. The molecule has 1 unspecified atom stereocenters. The first-order valence-corrected chi connectivity index (χ1v) is 8.60. The molecule has 1 heterocycles. The minimum Gasteiger partial charge on any atom is -0.459 e. The largest absolute Gasteiger partial charge is 0.459 e. The summed E-state index contributed by atoms with van der Waals surface area (Å²) in [6, 6.07) is 4.62. The predicted molar refractivity (Wildman–Crippen MR) is 95.3 cm³/mol. The number of esters is 1. The molecule has 2 N–H and O–H groups in total. The second-order valence-corrected chi connectivity index (χ2v) is 6.30. The van der Waals surface area contributed by atoms with Crippen LogP contribution < -0.4 is 10.6 Å². The number of carbonyl (C=O) groups is 2.